The largest absolute Gasteiger partial charge is 0.478 e. The Hall–Kier alpha value is -1.63. The summed E-state index contributed by atoms with van der Waals surface area (Å²) in [5.74, 6) is 1.03. The molecule has 62 valence electrons. The lowest BCUT2D eigenvalue weighted by molar-refractivity contribution is 0.325. The molecule has 0 atom stereocenters. The van der Waals surface area contributed by atoms with Crippen LogP contribution in [0.1, 0.15) is 12.7 Å². The number of hydrogen-bond donors (Lipinski definition) is 0. The van der Waals surface area contributed by atoms with Gasteiger partial charge in [0.2, 0.25) is 5.88 Å². The van der Waals surface area contributed by atoms with Gasteiger partial charge in [-0.1, -0.05) is 0 Å². The van der Waals surface area contributed by atoms with E-state index in [1.54, 1.807) is 12.3 Å². The van der Waals surface area contributed by atoms with Gasteiger partial charge in [0, 0.05) is 12.3 Å². The van der Waals surface area contributed by atoms with Gasteiger partial charge in [-0.15, -0.1) is 0 Å². The third-order valence-electron chi connectivity index (χ3n) is 1.21. The zero-order valence-corrected chi connectivity index (χ0v) is 6.82. The summed E-state index contributed by atoms with van der Waals surface area (Å²) in [7, 11) is 0. The average Bonchev–Trinajstić information content (AvgIpc) is 2.06. The first-order valence-electron chi connectivity index (χ1n) is 3.68. The Morgan fingerprint density at radius 3 is 3.17 bits per heavy atom. The topological polar surface area (TPSA) is 58.8 Å². The quantitative estimate of drug-likeness (QED) is 0.665. The van der Waals surface area contributed by atoms with Crippen LogP contribution in [0.15, 0.2) is 12.3 Å². The lowest BCUT2D eigenvalue weighted by atomic mass is 10.4. The van der Waals surface area contributed by atoms with Crippen molar-refractivity contribution in [3.63, 3.8) is 0 Å². The second kappa shape index (κ2) is 4.29. The van der Waals surface area contributed by atoms with Crippen molar-refractivity contribution in [3.05, 3.63) is 18.1 Å². The number of nitrogens with zero attached hydrogens (tertiary/aromatic N) is 3. The maximum Gasteiger partial charge on any atom is 0.216 e. The fourth-order valence-electron chi connectivity index (χ4n) is 0.765. The van der Waals surface area contributed by atoms with Crippen LogP contribution in [0, 0.1) is 11.3 Å². The summed E-state index contributed by atoms with van der Waals surface area (Å²) in [6.45, 7) is 2.45. The molecule has 4 heteroatoms. The summed E-state index contributed by atoms with van der Waals surface area (Å²) in [5.41, 5.74) is 0. The third kappa shape index (κ3) is 2.20. The first-order chi connectivity index (χ1) is 5.86. The Bertz CT molecular complexity index is 293. The van der Waals surface area contributed by atoms with E-state index in [1.165, 1.54) is 0 Å². The second-order valence-corrected chi connectivity index (χ2v) is 2.08. The highest BCUT2D eigenvalue weighted by Gasteiger charge is 1.97. The van der Waals surface area contributed by atoms with Crippen molar-refractivity contribution in [3.8, 4) is 11.9 Å². The van der Waals surface area contributed by atoms with Crippen molar-refractivity contribution in [1.82, 2.24) is 9.97 Å². The van der Waals surface area contributed by atoms with E-state index in [2.05, 4.69) is 9.97 Å². The van der Waals surface area contributed by atoms with Crippen LogP contribution in [0.4, 0.5) is 0 Å². The van der Waals surface area contributed by atoms with Gasteiger partial charge in [-0.25, -0.2) is 4.98 Å². The van der Waals surface area contributed by atoms with E-state index in [0.29, 0.717) is 18.3 Å². The van der Waals surface area contributed by atoms with E-state index in [-0.39, 0.29) is 6.42 Å². The molecule has 0 aliphatic carbocycles. The highest BCUT2D eigenvalue weighted by Crippen LogP contribution is 2.04. The molecule has 0 bridgehead atoms. The first kappa shape index (κ1) is 8.47. The predicted octanol–water partition coefficient (Wildman–Crippen LogP) is 0.941. The fraction of sp³-hybridized carbons (Fsp3) is 0.375. The molecule has 0 aliphatic rings. The standard InChI is InChI=1S/C8H9N3O/c1-2-12-8-4-6-10-7(11-8)3-5-9/h4,6H,2-3H2,1H3. The normalized spacial score (nSPS) is 9.00. The van der Waals surface area contributed by atoms with E-state index >= 15 is 0 Å². The molecule has 0 saturated carbocycles. The minimum atomic E-state index is 0.223. The number of ether oxygens (including phenoxy) is 1. The Kier molecular flexibility index (Phi) is 3.03. The first-order valence-corrected chi connectivity index (χ1v) is 3.68. The average molecular weight is 163 g/mol. The van der Waals surface area contributed by atoms with Crippen LogP contribution in [0.3, 0.4) is 0 Å². The van der Waals surface area contributed by atoms with Crippen LogP contribution in [0.5, 0.6) is 5.88 Å². The summed E-state index contributed by atoms with van der Waals surface area (Å²) >= 11 is 0. The Morgan fingerprint density at radius 1 is 1.67 bits per heavy atom. The van der Waals surface area contributed by atoms with E-state index in [4.69, 9.17) is 10.00 Å². The van der Waals surface area contributed by atoms with Crippen LogP contribution >= 0.6 is 0 Å². The lowest BCUT2D eigenvalue weighted by Gasteiger charge is -2.00. The molecule has 1 heterocycles. The van der Waals surface area contributed by atoms with Gasteiger partial charge in [0.25, 0.3) is 0 Å². The van der Waals surface area contributed by atoms with Crippen molar-refractivity contribution >= 4 is 0 Å². The van der Waals surface area contributed by atoms with Gasteiger partial charge in [-0.2, -0.15) is 10.2 Å². The summed E-state index contributed by atoms with van der Waals surface area (Å²) in [5, 5.41) is 8.37. The maximum atomic E-state index is 8.37. The molecule has 0 spiro atoms. The van der Waals surface area contributed by atoms with Gasteiger partial charge in [0.15, 0.2) is 0 Å². The Morgan fingerprint density at radius 2 is 2.50 bits per heavy atom. The highest BCUT2D eigenvalue weighted by atomic mass is 16.5. The van der Waals surface area contributed by atoms with Gasteiger partial charge in [-0.05, 0) is 6.92 Å². The molecule has 0 N–H and O–H groups in total. The smallest absolute Gasteiger partial charge is 0.216 e. The SMILES string of the molecule is CCOc1ccnc(CC#N)n1. The van der Waals surface area contributed by atoms with Gasteiger partial charge < -0.3 is 4.74 Å². The van der Waals surface area contributed by atoms with E-state index < -0.39 is 0 Å². The van der Waals surface area contributed by atoms with Crippen LogP contribution in [0.25, 0.3) is 0 Å². The molecule has 1 aromatic heterocycles. The summed E-state index contributed by atoms with van der Waals surface area (Å²) < 4.78 is 5.13. The van der Waals surface area contributed by atoms with Crippen molar-refractivity contribution in [2.75, 3.05) is 6.61 Å². The molecule has 0 fully saturated rings. The number of hydrogen-bond acceptors (Lipinski definition) is 4. The summed E-state index contributed by atoms with van der Waals surface area (Å²) in [6, 6.07) is 3.64. The molecule has 12 heavy (non-hydrogen) atoms. The molecule has 0 amide bonds. The lowest BCUT2D eigenvalue weighted by Crippen LogP contribution is -1.98. The van der Waals surface area contributed by atoms with E-state index in [9.17, 15) is 0 Å². The Labute approximate surface area is 70.8 Å². The highest BCUT2D eigenvalue weighted by molar-refractivity contribution is 5.10. The van der Waals surface area contributed by atoms with Gasteiger partial charge in [0.1, 0.15) is 5.82 Å². The second-order valence-electron chi connectivity index (χ2n) is 2.08. The minimum absolute atomic E-state index is 0.223. The molecule has 0 aliphatic heterocycles. The zero-order chi connectivity index (χ0) is 8.81. The molecule has 0 unspecified atom stereocenters. The van der Waals surface area contributed by atoms with E-state index in [0.717, 1.165) is 0 Å². The van der Waals surface area contributed by atoms with Crippen molar-refractivity contribution in [2.45, 2.75) is 13.3 Å². The van der Waals surface area contributed by atoms with Crippen LogP contribution < -0.4 is 4.74 Å². The predicted molar refractivity (Wildman–Crippen MR) is 42.5 cm³/mol. The van der Waals surface area contributed by atoms with Crippen molar-refractivity contribution < 1.29 is 4.74 Å². The molecule has 0 saturated heterocycles. The van der Waals surface area contributed by atoms with Crippen molar-refractivity contribution in [1.29, 1.82) is 5.26 Å². The van der Waals surface area contributed by atoms with Gasteiger partial charge in [-0.3, -0.25) is 0 Å². The Balaban J connectivity index is 2.75. The van der Waals surface area contributed by atoms with Gasteiger partial charge >= 0.3 is 0 Å². The fourth-order valence-corrected chi connectivity index (χ4v) is 0.765. The molecule has 0 radical (unpaired) electrons. The van der Waals surface area contributed by atoms with E-state index in [1.807, 2.05) is 13.0 Å². The van der Waals surface area contributed by atoms with Crippen molar-refractivity contribution in [2.24, 2.45) is 0 Å². The molecule has 0 aromatic carbocycles. The maximum absolute atomic E-state index is 8.37. The zero-order valence-electron chi connectivity index (χ0n) is 6.82. The molecular weight excluding hydrogens is 154 g/mol. The molecule has 4 nitrogen and oxygen atoms in total. The third-order valence-corrected chi connectivity index (χ3v) is 1.21. The number of nitriles is 1. The monoisotopic (exact) mass is 163 g/mol. The molecule has 1 rings (SSSR count). The molecular formula is C8H9N3O. The van der Waals surface area contributed by atoms with Crippen LogP contribution in [0.2, 0.25) is 0 Å². The van der Waals surface area contributed by atoms with Crippen LogP contribution in [-0.4, -0.2) is 16.6 Å². The number of aromatic nitrogens is 2. The summed E-state index contributed by atoms with van der Waals surface area (Å²) in [6.07, 6.45) is 1.81. The van der Waals surface area contributed by atoms with Gasteiger partial charge in [0.05, 0.1) is 19.1 Å². The summed E-state index contributed by atoms with van der Waals surface area (Å²) in [4.78, 5) is 7.89. The number of rotatable bonds is 3. The minimum Gasteiger partial charge on any atom is -0.478 e. The van der Waals surface area contributed by atoms with Crippen LogP contribution in [-0.2, 0) is 6.42 Å². The molecule has 1 aromatic rings.